The molecule has 1 aliphatic rings. The molecule has 3 N–H and O–H groups in total. The van der Waals surface area contributed by atoms with Gasteiger partial charge >= 0.3 is 6.18 Å². The van der Waals surface area contributed by atoms with Crippen LogP contribution in [0.5, 0.6) is 0 Å². The number of amides is 1. The van der Waals surface area contributed by atoms with Gasteiger partial charge in [-0.05, 0) is 30.5 Å². The number of rotatable bonds is 4. The van der Waals surface area contributed by atoms with E-state index in [9.17, 15) is 18.0 Å². The SMILES string of the molecule is NC[C@H]1CC[C@@H](C(=O)NCc2ccc(C(F)(F)F)cc2)O1. The van der Waals surface area contributed by atoms with Crippen molar-refractivity contribution in [3.05, 3.63) is 35.4 Å². The molecule has 0 unspecified atom stereocenters. The third kappa shape index (κ3) is 4.18. The number of nitrogens with one attached hydrogen (secondary N) is 1. The van der Waals surface area contributed by atoms with E-state index in [-0.39, 0.29) is 18.6 Å². The fraction of sp³-hybridized carbons (Fsp3) is 0.500. The van der Waals surface area contributed by atoms with Crippen molar-refractivity contribution in [3.8, 4) is 0 Å². The Morgan fingerprint density at radius 3 is 2.48 bits per heavy atom. The van der Waals surface area contributed by atoms with E-state index in [1.165, 1.54) is 12.1 Å². The summed E-state index contributed by atoms with van der Waals surface area (Å²) in [6.45, 7) is 0.548. The predicted molar refractivity (Wildman–Crippen MR) is 70.2 cm³/mol. The summed E-state index contributed by atoms with van der Waals surface area (Å²) < 4.78 is 42.7. The van der Waals surface area contributed by atoms with Gasteiger partial charge in [-0.2, -0.15) is 13.2 Å². The lowest BCUT2D eigenvalue weighted by molar-refractivity contribution is -0.137. The van der Waals surface area contributed by atoms with Crippen LogP contribution < -0.4 is 11.1 Å². The lowest BCUT2D eigenvalue weighted by atomic mass is 10.1. The molecular weight excluding hydrogens is 285 g/mol. The quantitative estimate of drug-likeness (QED) is 0.892. The third-order valence-electron chi connectivity index (χ3n) is 3.41. The first-order valence-electron chi connectivity index (χ1n) is 6.69. The van der Waals surface area contributed by atoms with Crippen LogP contribution in [-0.4, -0.2) is 24.7 Å². The van der Waals surface area contributed by atoms with Gasteiger partial charge in [-0.1, -0.05) is 12.1 Å². The molecule has 1 amide bonds. The average molecular weight is 302 g/mol. The Morgan fingerprint density at radius 2 is 1.95 bits per heavy atom. The number of carbonyl (C=O) groups is 1. The highest BCUT2D eigenvalue weighted by atomic mass is 19.4. The van der Waals surface area contributed by atoms with Gasteiger partial charge in [0.05, 0.1) is 11.7 Å². The first-order chi connectivity index (χ1) is 9.90. The van der Waals surface area contributed by atoms with E-state index in [0.717, 1.165) is 18.6 Å². The van der Waals surface area contributed by atoms with Gasteiger partial charge in [-0.25, -0.2) is 0 Å². The van der Waals surface area contributed by atoms with Gasteiger partial charge in [0.15, 0.2) is 0 Å². The Hall–Kier alpha value is -1.60. The number of nitrogens with two attached hydrogens (primary N) is 1. The van der Waals surface area contributed by atoms with Crippen molar-refractivity contribution in [1.29, 1.82) is 0 Å². The molecule has 1 fully saturated rings. The highest BCUT2D eigenvalue weighted by molar-refractivity contribution is 5.81. The summed E-state index contributed by atoms with van der Waals surface area (Å²) in [6, 6.07) is 4.69. The highest BCUT2D eigenvalue weighted by Gasteiger charge is 2.31. The van der Waals surface area contributed by atoms with Gasteiger partial charge < -0.3 is 15.8 Å². The van der Waals surface area contributed by atoms with Gasteiger partial charge in [0.25, 0.3) is 0 Å². The summed E-state index contributed by atoms with van der Waals surface area (Å²) in [5.41, 5.74) is 5.36. The summed E-state index contributed by atoms with van der Waals surface area (Å²) in [6.07, 6.45) is -3.61. The normalized spacial score (nSPS) is 22.3. The average Bonchev–Trinajstić information content (AvgIpc) is 2.93. The van der Waals surface area contributed by atoms with Gasteiger partial charge in [0.1, 0.15) is 6.10 Å². The minimum Gasteiger partial charge on any atom is -0.364 e. The molecule has 1 saturated heterocycles. The second kappa shape index (κ2) is 6.44. The topological polar surface area (TPSA) is 64.4 Å². The molecule has 2 atom stereocenters. The lowest BCUT2D eigenvalue weighted by Gasteiger charge is -2.13. The van der Waals surface area contributed by atoms with Gasteiger partial charge in [-0.15, -0.1) is 0 Å². The van der Waals surface area contributed by atoms with Crippen LogP contribution in [0.4, 0.5) is 13.2 Å². The van der Waals surface area contributed by atoms with Gasteiger partial charge in [0, 0.05) is 13.1 Å². The molecule has 0 bridgehead atoms. The molecule has 116 valence electrons. The van der Waals surface area contributed by atoms with E-state index < -0.39 is 17.8 Å². The Morgan fingerprint density at radius 1 is 1.29 bits per heavy atom. The summed E-state index contributed by atoms with van der Waals surface area (Å²) in [7, 11) is 0. The van der Waals surface area contributed by atoms with Gasteiger partial charge in [0.2, 0.25) is 5.91 Å². The molecule has 0 aliphatic carbocycles. The minimum absolute atomic E-state index is 0.0909. The zero-order chi connectivity index (χ0) is 15.5. The number of benzene rings is 1. The number of carbonyl (C=O) groups excluding carboxylic acids is 1. The Labute approximate surface area is 120 Å². The lowest BCUT2D eigenvalue weighted by Crippen LogP contribution is -2.35. The number of alkyl halides is 3. The molecule has 0 saturated carbocycles. The maximum atomic E-state index is 12.4. The zero-order valence-electron chi connectivity index (χ0n) is 11.3. The molecule has 1 aromatic carbocycles. The van der Waals surface area contributed by atoms with Crippen molar-refractivity contribution < 1.29 is 22.7 Å². The molecule has 0 aromatic heterocycles. The Kier molecular flexibility index (Phi) is 4.84. The molecule has 7 heteroatoms. The molecule has 21 heavy (non-hydrogen) atoms. The summed E-state index contributed by atoms with van der Waals surface area (Å²) in [5, 5.41) is 2.66. The van der Waals surface area contributed by atoms with E-state index in [1.807, 2.05) is 0 Å². The van der Waals surface area contributed by atoms with E-state index in [4.69, 9.17) is 10.5 Å². The standard InChI is InChI=1S/C14H17F3N2O2/c15-14(16,17)10-3-1-9(2-4-10)8-19-13(20)12-6-5-11(7-18)21-12/h1-4,11-12H,5-8,18H2,(H,19,20)/t11-,12+/m1/s1. The van der Waals surface area contributed by atoms with E-state index in [1.54, 1.807) is 0 Å². The summed E-state index contributed by atoms with van der Waals surface area (Å²) in [5.74, 6) is -0.258. The number of hydrogen-bond donors (Lipinski definition) is 2. The van der Waals surface area contributed by atoms with Crippen LogP contribution in [0.15, 0.2) is 24.3 Å². The highest BCUT2D eigenvalue weighted by Crippen LogP contribution is 2.29. The van der Waals surface area contributed by atoms with Crippen LogP contribution in [0.25, 0.3) is 0 Å². The smallest absolute Gasteiger partial charge is 0.364 e. The van der Waals surface area contributed by atoms with Gasteiger partial charge in [-0.3, -0.25) is 4.79 Å². The number of hydrogen-bond acceptors (Lipinski definition) is 3. The monoisotopic (exact) mass is 302 g/mol. The first kappa shape index (κ1) is 15.8. The fourth-order valence-corrected chi connectivity index (χ4v) is 2.19. The Bertz CT molecular complexity index is 488. The van der Waals surface area contributed by atoms with Crippen LogP contribution in [0.2, 0.25) is 0 Å². The second-order valence-electron chi connectivity index (χ2n) is 4.97. The summed E-state index contributed by atoms with van der Waals surface area (Å²) in [4.78, 5) is 11.8. The van der Waals surface area contributed by atoms with Crippen LogP contribution in [0, 0.1) is 0 Å². The molecular formula is C14H17F3N2O2. The predicted octanol–water partition coefficient (Wildman–Crippen LogP) is 1.83. The number of halogens is 3. The fourth-order valence-electron chi connectivity index (χ4n) is 2.19. The van der Waals surface area contributed by atoms with Crippen LogP contribution in [0.1, 0.15) is 24.0 Å². The molecule has 1 aliphatic heterocycles. The van der Waals surface area contributed by atoms with Crippen LogP contribution >= 0.6 is 0 Å². The van der Waals surface area contributed by atoms with Crippen LogP contribution in [0.3, 0.4) is 0 Å². The molecule has 1 heterocycles. The van der Waals surface area contributed by atoms with Crippen molar-refractivity contribution >= 4 is 5.91 Å². The minimum atomic E-state index is -4.35. The first-order valence-corrected chi connectivity index (χ1v) is 6.69. The molecule has 2 rings (SSSR count). The third-order valence-corrected chi connectivity index (χ3v) is 3.41. The largest absolute Gasteiger partial charge is 0.416 e. The van der Waals surface area contributed by atoms with E-state index >= 15 is 0 Å². The molecule has 0 radical (unpaired) electrons. The van der Waals surface area contributed by atoms with Crippen molar-refractivity contribution in [1.82, 2.24) is 5.32 Å². The van der Waals surface area contributed by atoms with Crippen molar-refractivity contribution in [2.75, 3.05) is 6.54 Å². The zero-order valence-corrected chi connectivity index (χ0v) is 11.3. The van der Waals surface area contributed by atoms with E-state index in [2.05, 4.69) is 5.32 Å². The molecule has 0 spiro atoms. The second-order valence-corrected chi connectivity index (χ2v) is 4.97. The number of ether oxygens (including phenoxy) is 1. The summed E-state index contributed by atoms with van der Waals surface area (Å²) >= 11 is 0. The van der Waals surface area contributed by atoms with Crippen molar-refractivity contribution in [2.24, 2.45) is 5.73 Å². The molecule has 1 aromatic rings. The van der Waals surface area contributed by atoms with Crippen molar-refractivity contribution in [3.63, 3.8) is 0 Å². The van der Waals surface area contributed by atoms with Crippen LogP contribution in [-0.2, 0) is 22.3 Å². The van der Waals surface area contributed by atoms with Crippen molar-refractivity contribution in [2.45, 2.75) is 37.8 Å². The maximum Gasteiger partial charge on any atom is 0.416 e. The molecule has 4 nitrogen and oxygen atoms in total. The van der Waals surface area contributed by atoms with E-state index in [0.29, 0.717) is 18.5 Å². The maximum absolute atomic E-state index is 12.4. The Balaban J connectivity index is 1.84.